The molecule has 1 aromatic heterocycles. The topological polar surface area (TPSA) is 109 Å². The van der Waals surface area contributed by atoms with Gasteiger partial charge in [-0.15, -0.1) is 0 Å². The number of hydrogen-bond acceptors (Lipinski definition) is 6. The standard InChI is InChI=1S/C25H30N2O6/c28-22(26-13-23(29)27-11-10-25(31)9-2-1-4-16(25)14-27)15-32-17-7-8-19-18-5-3-6-20(18)24(30)33-21(19)12-17/h7-8,12,16,31H,1-6,9-11,13-15H2,(H,26,28)/t16-,25-/m0/s1. The summed E-state index contributed by atoms with van der Waals surface area (Å²) in [5.74, 6) is 0.0113. The van der Waals surface area contributed by atoms with Crippen LogP contribution in [-0.2, 0) is 22.4 Å². The molecule has 2 fully saturated rings. The minimum Gasteiger partial charge on any atom is -0.484 e. The number of nitrogens with zero attached hydrogens (tertiary/aromatic N) is 1. The van der Waals surface area contributed by atoms with Crippen LogP contribution in [0.25, 0.3) is 11.0 Å². The van der Waals surface area contributed by atoms with Crippen molar-refractivity contribution in [2.24, 2.45) is 5.92 Å². The second kappa shape index (κ2) is 8.82. The summed E-state index contributed by atoms with van der Waals surface area (Å²) in [7, 11) is 0. The molecular weight excluding hydrogens is 424 g/mol. The van der Waals surface area contributed by atoms with E-state index in [0.717, 1.165) is 61.5 Å². The molecule has 1 saturated heterocycles. The van der Waals surface area contributed by atoms with Crippen LogP contribution < -0.4 is 15.7 Å². The minimum absolute atomic E-state index is 0.0912. The van der Waals surface area contributed by atoms with E-state index in [-0.39, 0.29) is 30.6 Å². The molecule has 2 N–H and O–H groups in total. The first kappa shape index (κ1) is 21.9. The number of carbonyl (C=O) groups excluding carboxylic acids is 2. The summed E-state index contributed by atoms with van der Waals surface area (Å²) < 4.78 is 11.0. The fourth-order valence-electron chi connectivity index (χ4n) is 5.64. The molecular formula is C25H30N2O6. The Morgan fingerprint density at radius 3 is 2.91 bits per heavy atom. The Hall–Kier alpha value is -2.87. The van der Waals surface area contributed by atoms with Crippen LogP contribution in [0.5, 0.6) is 5.75 Å². The fourth-order valence-corrected chi connectivity index (χ4v) is 5.64. The quantitative estimate of drug-likeness (QED) is 0.669. The van der Waals surface area contributed by atoms with Crippen LogP contribution in [0.1, 0.15) is 49.7 Å². The largest absolute Gasteiger partial charge is 0.484 e. The number of piperidine rings is 1. The van der Waals surface area contributed by atoms with E-state index in [1.807, 2.05) is 6.07 Å². The van der Waals surface area contributed by atoms with Gasteiger partial charge in [-0.1, -0.05) is 12.8 Å². The lowest BCUT2D eigenvalue weighted by molar-refractivity contribution is -0.143. The summed E-state index contributed by atoms with van der Waals surface area (Å²) in [5, 5.41) is 14.3. The number of amides is 2. The Morgan fingerprint density at radius 2 is 2.03 bits per heavy atom. The summed E-state index contributed by atoms with van der Waals surface area (Å²) >= 11 is 0. The third-order valence-corrected chi connectivity index (χ3v) is 7.53. The van der Waals surface area contributed by atoms with Gasteiger partial charge in [-0.2, -0.15) is 0 Å². The van der Waals surface area contributed by atoms with E-state index in [0.29, 0.717) is 30.8 Å². The first-order chi connectivity index (χ1) is 15.9. The van der Waals surface area contributed by atoms with Gasteiger partial charge in [-0.25, -0.2) is 4.79 Å². The number of likely N-dealkylation sites (tertiary alicyclic amines) is 1. The Morgan fingerprint density at radius 1 is 1.18 bits per heavy atom. The Kier molecular flexibility index (Phi) is 5.86. The summed E-state index contributed by atoms with van der Waals surface area (Å²) in [5.41, 5.74) is 1.34. The number of aryl methyl sites for hydroxylation is 1. The number of rotatable bonds is 5. The maximum atomic E-state index is 12.6. The Bertz CT molecular complexity index is 1140. The second-order valence-corrected chi connectivity index (χ2v) is 9.56. The maximum absolute atomic E-state index is 12.6. The molecule has 8 nitrogen and oxygen atoms in total. The average Bonchev–Trinajstić information content (AvgIpc) is 3.31. The van der Waals surface area contributed by atoms with Crippen LogP contribution in [0.2, 0.25) is 0 Å². The molecule has 176 valence electrons. The van der Waals surface area contributed by atoms with E-state index in [1.165, 1.54) is 0 Å². The van der Waals surface area contributed by atoms with Gasteiger partial charge in [0.05, 0.1) is 12.1 Å². The van der Waals surface area contributed by atoms with Gasteiger partial charge >= 0.3 is 5.63 Å². The molecule has 2 aromatic rings. The highest BCUT2D eigenvalue weighted by Crippen LogP contribution is 2.39. The van der Waals surface area contributed by atoms with Gasteiger partial charge < -0.3 is 24.5 Å². The van der Waals surface area contributed by atoms with Crippen LogP contribution in [0.4, 0.5) is 0 Å². The highest BCUT2D eigenvalue weighted by molar-refractivity contribution is 5.86. The van der Waals surface area contributed by atoms with Crippen LogP contribution in [0.15, 0.2) is 27.4 Å². The third kappa shape index (κ3) is 4.36. The monoisotopic (exact) mass is 454 g/mol. The van der Waals surface area contributed by atoms with Crippen LogP contribution in [0, 0.1) is 5.92 Å². The van der Waals surface area contributed by atoms with Gasteiger partial charge in [0, 0.05) is 36.0 Å². The third-order valence-electron chi connectivity index (χ3n) is 7.53. The molecule has 1 aromatic carbocycles. The van der Waals surface area contributed by atoms with Gasteiger partial charge in [-0.3, -0.25) is 9.59 Å². The lowest BCUT2D eigenvalue weighted by atomic mass is 9.71. The summed E-state index contributed by atoms with van der Waals surface area (Å²) in [6, 6.07) is 5.26. The van der Waals surface area contributed by atoms with Crippen molar-refractivity contribution in [3.05, 3.63) is 39.7 Å². The first-order valence-electron chi connectivity index (χ1n) is 11.9. The van der Waals surface area contributed by atoms with Crippen molar-refractivity contribution in [1.82, 2.24) is 10.2 Å². The van der Waals surface area contributed by atoms with Gasteiger partial charge in [-0.05, 0) is 56.2 Å². The molecule has 0 radical (unpaired) electrons. The summed E-state index contributed by atoms with van der Waals surface area (Å²) in [6.07, 6.45) is 7.06. The van der Waals surface area contributed by atoms with Gasteiger partial charge in [0.15, 0.2) is 6.61 Å². The van der Waals surface area contributed by atoms with E-state index in [2.05, 4.69) is 5.32 Å². The van der Waals surface area contributed by atoms with E-state index >= 15 is 0 Å². The zero-order chi connectivity index (χ0) is 23.0. The Labute approximate surface area is 191 Å². The fraction of sp³-hybridized carbons (Fsp3) is 0.560. The summed E-state index contributed by atoms with van der Waals surface area (Å²) in [4.78, 5) is 38.7. The molecule has 5 rings (SSSR count). The molecule has 0 spiro atoms. The lowest BCUT2D eigenvalue weighted by Crippen LogP contribution is -2.56. The molecule has 0 bridgehead atoms. The molecule has 1 aliphatic heterocycles. The molecule has 1 saturated carbocycles. The van der Waals surface area contributed by atoms with E-state index in [9.17, 15) is 19.5 Å². The van der Waals surface area contributed by atoms with Crippen molar-refractivity contribution < 1.29 is 23.8 Å². The zero-order valence-electron chi connectivity index (χ0n) is 18.7. The Balaban J connectivity index is 1.13. The molecule has 8 heteroatoms. The van der Waals surface area contributed by atoms with Crippen molar-refractivity contribution in [3.8, 4) is 5.75 Å². The van der Waals surface area contributed by atoms with E-state index in [4.69, 9.17) is 9.15 Å². The molecule has 2 amide bonds. The number of carbonyl (C=O) groups is 2. The molecule has 2 atom stereocenters. The van der Waals surface area contributed by atoms with E-state index in [1.54, 1.807) is 17.0 Å². The van der Waals surface area contributed by atoms with Gasteiger partial charge in [0.25, 0.3) is 5.91 Å². The molecule has 2 aliphatic carbocycles. The number of nitrogens with one attached hydrogen (secondary N) is 1. The number of ether oxygens (including phenoxy) is 1. The minimum atomic E-state index is -0.634. The molecule has 33 heavy (non-hydrogen) atoms. The van der Waals surface area contributed by atoms with Crippen molar-refractivity contribution in [1.29, 1.82) is 0 Å². The highest BCUT2D eigenvalue weighted by atomic mass is 16.5. The van der Waals surface area contributed by atoms with Crippen molar-refractivity contribution in [3.63, 3.8) is 0 Å². The van der Waals surface area contributed by atoms with Crippen LogP contribution in [-0.4, -0.2) is 53.7 Å². The predicted octanol–water partition coefficient (Wildman–Crippen LogP) is 1.93. The van der Waals surface area contributed by atoms with Crippen molar-refractivity contribution in [2.45, 2.75) is 57.0 Å². The second-order valence-electron chi connectivity index (χ2n) is 9.56. The van der Waals surface area contributed by atoms with Gasteiger partial charge in [0.2, 0.25) is 5.91 Å². The zero-order valence-corrected chi connectivity index (χ0v) is 18.7. The number of aliphatic hydroxyl groups is 1. The van der Waals surface area contributed by atoms with E-state index < -0.39 is 11.5 Å². The highest BCUT2D eigenvalue weighted by Gasteiger charge is 2.43. The van der Waals surface area contributed by atoms with Crippen molar-refractivity contribution >= 4 is 22.8 Å². The SMILES string of the molecule is O=C(COc1ccc2c3c(c(=O)oc2c1)CCC3)NCC(=O)N1CC[C@@]2(O)CCCC[C@H]2C1. The molecule has 3 aliphatic rings. The van der Waals surface area contributed by atoms with Crippen LogP contribution in [0.3, 0.4) is 0 Å². The smallest absolute Gasteiger partial charge is 0.339 e. The normalized spacial score (nSPS) is 24.3. The van der Waals surface area contributed by atoms with Crippen LogP contribution >= 0.6 is 0 Å². The number of benzene rings is 1. The predicted molar refractivity (Wildman–Crippen MR) is 121 cm³/mol. The first-order valence-corrected chi connectivity index (χ1v) is 11.9. The average molecular weight is 455 g/mol. The number of hydrogen-bond donors (Lipinski definition) is 2. The van der Waals surface area contributed by atoms with Crippen molar-refractivity contribution in [2.75, 3.05) is 26.2 Å². The van der Waals surface area contributed by atoms with Gasteiger partial charge in [0.1, 0.15) is 11.3 Å². The molecule has 0 unspecified atom stereocenters. The summed E-state index contributed by atoms with van der Waals surface area (Å²) in [6.45, 7) is 0.736. The number of fused-ring (bicyclic) bond motifs is 4. The molecule has 2 heterocycles. The maximum Gasteiger partial charge on any atom is 0.339 e. The lowest BCUT2D eigenvalue weighted by Gasteiger charge is -2.47.